The third-order valence-electron chi connectivity index (χ3n) is 4.03. The second-order valence-electron chi connectivity index (χ2n) is 5.70. The summed E-state index contributed by atoms with van der Waals surface area (Å²) in [6, 6.07) is 6.48. The van der Waals surface area contributed by atoms with Gasteiger partial charge >= 0.3 is 0 Å². The average molecular weight is 282 g/mol. The quantitative estimate of drug-likeness (QED) is 0.847. The highest BCUT2D eigenvalue weighted by Gasteiger charge is 2.36. The van der Waals surface area contributed by atoms with Crippen molar-refractivity contribution in [1.29, 1.82) is 0 Å². The van der Waals surface area contributed by atoms with E-state index in [-0.39, 0.29) is 6.04 Å². The lowest BCUT2D eigenvalue weighted by Crippen LogP contribution is -2.48. The van der Waals surface area contributed by atoms with Gasteiger partial charge in [0.25, 0.3) is 0 Å². The second kappa shape index (κ2) is 5.13. The molecule has 1 heterocycles. The van der Waals surface area contributed by atoms with Crippen molar-refractivity contribution in [3.05, 3.63) is 24.3 Å². The molecule has 1 fully saturated rings. The molecule has 2 N–H and O–H groups in total. The molecule has 3 atom stereocenters. The number of rotatable bonds is 2. The Morgan fingerprint density at radius 2 is 1.74 bits per heavy atom. The molecule has 4 nitrogen and oxygen atoms in total. The van der Waals surface area contributed by atoms with Crippen molar-refractivity contribution in [2.45, 2.75) is 38.1 Å². The maximum Gasteiger partial charge on any atom is 0.243 e. The highest BCUT2D eigenvalue weighted by molar-refractivity contribution is 7.89. The molecule has 106 valence electrons. The Balaban J connectivity index is 2.35. The van der Waals surface area contributed by atoms with E-state index in [9.17, 15) is 8.42 Å². The summed E-state index contributed by atoms with van der Waals surface area (Å²) < 4.78 is 27.0. The summed E-state index contributed by atoms with van der Waals surface area (Å²) in [5.74, 6) is 0.780. The van der Waals surface area contributed by atoms with E-state index in [2.05, 4.69) is 13.8 Å². The predicted molar refractivity (Wildman–Crippen MR) is 77.2 cm³/mol. The lowest BCUT2D eigenvalue weighted by Gasteiger charge is -2.40. The third-order valence-corrected chi connectivity index (χ3v) is 6.00. The number of nitrogen functional groups attached to an aromatic ring is 1. The van der Waals surface area contributed by atoms with E-state index in [4.69, 9.17) is 5.73 Å². The number of hydrogen-bond acceptors (Lipinski definition) is 3. The van der Waals surface area contributed by atoms with Crippen LogP contribution in [0.4, 0.5) is 5.69 Å². The lowest BCUT2D eigenvalue weighted by atomic mass is 9.88. The molecular formula is C14H22N2O2S. The van der Waals surface area contributed by atoms with E-state index < -0.39 is 10.0 Å². The van der Waals surface area contributed by atoms with Crippen molar-refractivity contribution in [3.8, 4) is 0 Å². The largest absolute Gasteiger partial charge is 0.399 e. The molecule has 0 radical (unpaired) electrons. The first-order valence-electron chi connectivity index (χ1n) is 6.69. The van der Waals surface area contributed by atoms with Crippen LogP contribution < -0.4 is 5.73 Å². The van der Waals surface area contributed by atoms with Gasteiger partial charge in [0.2, 0.25) is 10.0 Å². The van der Waals surface area contributed by atoms with Crippen LogP contribution in [0.5, 0.6) is 0 Å². The maximum atomic E-state index is 12.7. The molecule has 5 heteroatoms. The minimum Gasteiger partial charge on any atom is -0.399 e. The van der Waals surface area contributed by atoms with Gasteiger partial charge in [-0.3, -0.25) is 0 Å². The van der Waals surface area contributed by atoms with Gasteiger partial charge in [-0.2, -0.15) is 4.31 Å². The van der Waals surface area contributed by atoms with Gasteiger partial charge in [0.05, 0.1) is 4.90 Å². The smallest absolute Gasteiger partial charge is 0.243 e. The van der Waals surface area contributed by atoms with Gasteiger partial charge in [0, 0.05) is 18.3 Å². The van der Waals surface area contributed by atoms with Crippen LogP contribution in [0.1, 0.15) is 27.2 Å². The Kier molecular flexibility index (Phi) is 3.87. The molecule has 0 aliphatic carbocycles. The van der Waals surface area contributed by atoms with Crippen LogP contribution in [0, 0.1) is 11.8 Å². The van der Waals surface area contributed by atoms with E-state index in [1.807, 2.05) is 6.92 Å². The molecule has 1 aromatic carbocycles. The topological polar surface area (TPSA) is 63.4 Å². The monoisotopic (exact) mass is 282 g/mol. The Morgan fingerprint density at radius 3 is 2.32 bits per heavy atom. The Morgan fingerprint density at radius 1 is 1.16 bits per heavy atom. The minimum absolute atomic E-state index is 0.0405. The Bertz CT molecular complexity index is 539. The first-order chi connectivity index (χ1) is 8.82. The number of sulfonamides is 1. The Labute approximate surface area is 115 Å². The minimum atomic E-state index is -3.42. The van der Waals surface area contributed by atoms with Crippen LogP contribution in [0.2, 0.25) is 0 Å². The van der Waals surface area contributed by atoms with Gasteiger partial charge in [-0.15, -0.1) is 0 Å². The summed E-state index contributed by atoms with van der Waals surface area (Å²) >= 11 is 0. The zero-order chi connectivity index (χ0) is 14.2. The molecule has 1 aliphatic heterocycles. The fourth-order valence-electron chi connectivity index (χ4n) is 2.76. The summed E-state index contributed by atoms with van der Waals surface area (Å²) in [5, 5.41) is 0. The van der Waals surface area contributed by atoms with Gasteiger partial charge in [0.15, 0.2) is 0 Å². The van der Waals surface area contributed by atoms with Crippen molar-refractivity contribution in [3.63, 3.8) is 0 Å². The van der Waals surface area contributed by atoms with Crippen molar-refractivity contribution < 1.29 is 8.42 Å². The first-order valence-corrected chi connectivity index (χ1v) is 8.13. The molecule has 0 aromatic heterocycles. The molecule has 0 bridgehead atoms. The van der Waals surface area contributed by atoms with Crippen LogP contribution in [0.15, 0.2) is 29.2 Å². The molecule has 0 amide bonds. The first kappa shape index (κ1) is 14.3. The van der Waals surface area contributed by atoms with E-state index in [1.165, 1.54) is 0 Å². The zero-order valence-corrected chi connectivity index (χ0v) is 12.5. The van der Waals surface area contributed by atoms with Crippen LogP contribution in [0.3, 0.4) is 0 Å². The van der Waals surface area contributed by atoms with Crippen LogP contribution >= 0.6 is 0 Å². The summed E-state index contributed by atoms with van der Waals surface area (Å²) in [7, 11) is -3.42. The van der Waals surface area contributed by atoms with Crippen molar-refractivity contribution in [2.75, 3.05) is 12.3 Å². The van der Waals surface area contributed by atoms with E-state index in [1.54, 1.807) is 28.6 Å². The molecule has 1 saturated heterocycles. The van der Waals surface area contributed by atoms with Gasteiger partial charge < -0.3 is 5.73 Å². The number of hydrogen-bond donors (Lipinski definition) is 1. The molecule has 1 aromatic rings. The summed E-state index contributed by atoms with van der Waals surface area (Å²) in [6.07, 6.45) is 1.08. The Hall–Kier alpha value is -1.07. The van der Waals surface area contributed by atoms with Gasteiger partial charge in [-0.25, -0.2) is 8.42 Å². The molecule has 0 spiro atoms. The van der Waals surface area contributed by atoms with Crippen LogP contribution in [-0.4, -0.2) is 25.3 Å². The van der Waals surface area contributed by atoms with E-state index >= 15 is 0 Å². The highest BCUT2D eigenvalue weighted by Crippen LogP contribution is 2.31. The standard InChI is InChI=1S/C14H22N2O2S/c1-10-8-11(2)12(3)16(9-10)19(17,18)14-6-4-13(15)5-7-14/h4-7,10-12H,8-9,15H2,1-3H3. The van der Waals surface area contributed by atoms with Gasteiger partial charge in [0.1, 0.15) is 0 Å². The predicted octanol–water partition coefficient (Wildman–Crippen LogP) is 2.32. The molecule has 2 rings (SSSR count). The number of nitrogens with two attached hydrogens (primary N) is 1. The van der Waals surface area contributed by atoms with E-state index in [0.29, 0.717) is 29.0 Å². The van der Waals surface area contributed by atoms with Gasteiger partial charge in [-0.1, -0.05) is 13.8 Å². The van der Waals surface area contributed by atoms with E-state index in [0.717, 1.165) is 6.42 Å². The highest BCUT2D eigenvalue weighted by atomic mass is 32.2. The number of nitrogens with zero attached hydrogens (tertiary/aromatic N) is 1. The molecule has 0 saturated carbocycles. The SMILES string of the molecule is CC1CC(C)C(C)N(S(=O)(=O)c2ccc(N)cc2)C1. The fraction of sp³-hybridized carbons (Fsp3) is 0.571. The van der Waals surface area contributed by atoms with Crippen molar-refractivity contribution >= 4 is 15.7 Å². The summed E-state index contributed by atoms with van der Waals surface area (Å²) in [5.41, 5.74) is 6.19. The molecule has 3 unspecified atom stereocenters. The maximum absolute atomic E-state index is 12.7. The molecular weight excluding hydrogens is 260 g/mol. The van der Waals surface area contributed by atoms with Gasteiger partial charge in [-0.05, 0) is 49.4 Å². The average Bonchev–Trinajstić information content (AvgIpc) is 2.34. The molecule has 19 heavy (non-hydrogen) atoms. The third kappa shape index (κ3) is 2.77. The summed E-state index contributed by atoms with van der Waals surface area (Å²) in [6.45, 7) is 6.81. The fourth-order valence-corrected chi connectivity index (χ4v) is 4.60. The van der Waals surface area contributed by atoms with Crippen LogP contribution in [0.25, 0.3) is 0 Å². The lowest BCUT2D eigenvalue weighted by molar-refractivity contribution is 0.157. The number of benzene rings is 1. The van der Waals surface area contributed by atoms with Crippen molar-refractivity contribution in [1.82, 2.24) is 4.31 Å². The zero-order valence-electron chi connectivity index (χ0n) is 11.7. The molecule has 1 aliphatic rings. The summed E-state index contributed by atoms with van der Waals surface area (Å²) in [4.78, 5) is 0.329. The van der Waals surface area contributed by atoms with Crippen molar-refractivity contribution in [2.24, 2.45) is 11.8 Å². The number of piperidine rings is 1. The van der Waals surface area contributed by atoms with Crippen LogP contribution in [-0.2, 0) is 10.0 Å². The normalized spacial score (nSPS) is 29.3. The second-order valence-corrected chi connectivity index (χ2v) is 7.59. The number of anilines is 1.